The topological polar surface area (TPSA) is 37.8 Å². The summed E-state index contributed by atoms with van der Waals surface area (Å²) in [6, 6.07) is 4.75. The molecule has 0 aromatic carbocycles. The normalized spacial score (nSPS) is 18.6. The first-order chi connectivity index (χ1) is 8.83. The van der Waals surface area contributed by atoms with Crippen LogP contribution in [0, 0.1) is 6.92 Å². The Morgan fingerprint density at radius 2 is 2.39 bits per heavy atom. The van der Waals surface area contributed by atoms with Crippen molar-refractivity contribution >= 4 is 11.3 Å². The molecule has 0 bridgehead atoms. The fourth-order valence-corrected chi connectivity index (χ4v) is 3.52. The van der Waals surface area contributed by atoms with E-state index in [1.807, 2.05) is 30.5 Å². The van der Waals surface area contributed by atoms with E-state index in [1.165, 1.54) is 24.8 Å². The highest BCUT2D eigenvalue weighted by atomic mass is 32.1. The van der Waals surface area contributed by atoms with Crippen LogP contribution in [0.4, 0.5) is 0 Å². The second-order valence-electron chi connectivity index (χ2n) is 4.72. The minimum atomic E-state index is 0.496. The Labute approximate surface area is 111 Å². The summed E-state index contributed by atoms with van der Waals surface area (Å²) in [6.45, 7) is 2.75. The maximum atomic E-state index is 4.43. The highest BCUT2D eigenvalue weighted by Crippen LogP contribution is 2.33. The standard InChI is InChI=1S/C14H17N3S/c1-10-15-7-5-11(17-10)9-16-13-3-2-4-14-12(13)6-8-18-14/h5-8,13,16H,2-4,9H2,1H3. The predicted octanol–water partition coefficient (Wildman–Crippen LogP) is 3.01. The van der Waals surface area contributed by atoms with E-state index < -0.39 is 0 Å². The number of fused-ring (bicyclic) bond motifs is 1. The SMILES string of the molecule is Cc1nccc(CNC2CCCc3sccc32)n1. The highest BCUT2D eigenvalue weighted by molar-refractivity contribution is 7.10. The van der Waals surface area contributed by atoms with Gasteiger partial charge in [0, 0.05) is 23.7 Å². The van der Waals surface area contributed by atoms with E-state index in [2.05, 4.69) is 26.7 Å². The minimum absolute atomic E-state index is 0.496. The molecule has 0 amide bonds. The van der Waals surface area contributed by atoms with E-state index >= 15 is 0 Å². The van der Waals surface area contributed by atoms with Crippen molar-refractivity contribution in [3.05, 3.63) is 45.7 Å². The van der Waals surface area contributed by atoms with Gasteiger partial charge in [0.2, 0.25) is 0 Å². The smallest absolute Gasteiger partial charge is 0.125 e. The van der Waals surface area contributed by atoms with Crippen molar-refractivity contribution in [2.75, 3.05) is 0 Å². The lowest BCUT2D eigenvalue weighted by Crippen LogP contribution is -2.24. The summed E-state index contributed by atoms with van der Waals surface area (Å²) < 4.78 is 0. The molecule has 0 radical (unpaired) electrons. The van der Waals surface area contributed by atoms with Crippen molar-refractivity contribution in [2.45, 2.75) is 38.8 Å². The number of aromatic nitrogens is 2. The predicted molar refractivity (Wildman–Crippen MR) is 73.6 cm³/mol. The van der Waals surface area contributed by atoms with E-state index in [9.17, 15) is 0 Å². The van der Waals surface area contributed by atoms with E-state index in [0.717, 1.165) is 18.1 Å². The Morgan fingerprint density at radius 3 is 3.28 bits per heavy atom. The van der Waals surface area contributed by atoms with Crippen LogP contribution in [0.25, 0.3) is 0 Å². The molecule has 3 rings (SSSR count). The van der Waals surface area contributed by atoms with Crippen LogP contribution in [0.2, 0.25) is 0 Å². The fourth-order valence-electron chi connectivity index (χ4n) is 2.53. The molecule has 1 unspecified atom stereocenters. The lowest BCUT2D eigenvalue weighted by molar-refractivity contribution is 0.459. The first kappa shape index (κ1) is 11.8. The van der Waals surface area contributed by atoms with Gasteiger partial charge >= 0.3 is 0 Å². The van der Waals surface area contributed by atoms with Crippen molar-refractivity contribution in [3.8, 4) is 0 Å². The summed E-state index contributed by atoms with van der Waals surface area (Å²) >= 11 is 1.89. The van der Waals surface area contributed by atoms with Gasteiger partial charge in [-0.2, -0.15) is 0 Å². The van der Waals surface area contributed by atoms with Gasteiger partial charge in [0.05, 0.1) is 5.69 Å². The lowest BCUT2D eigenvalue weighted by atomic mass is 9.94. The molecule has 1 atom stereocenters. The van der Waals surface area contributed by atoms with Crippen LogP contribution in [0.15, 0.2) is 23.7 Å². The summed E-state index contributed by atoms with van der Waals surface area (Å²) in [5.74, 6) is 0.842. The van der Waals surface area contributed by atoms with Crippen molar-refractivity contribution in [1.82, 2.24) is 15.3 Å². The van der Waals surface area contributed by atoms with Crippen molar-refractivity contribution in [2.24, 2.45) is 0 Å². The van der Waals surface area contributed by atoms with Gasteiger partial charge in [0.25, 0.3) is 0 Å². The number of thiophene rings is 1. The Morgan fingerprint density at radius 1 is 1.44 bits per heavy atom. The zero-order chi connectivity index (χ0) is 12.4. The molecule has 3 nitrogen and oxygen atoms in total. The van der Waals surface area contributed by atoms with Crippen LogP contribution in [0.1, 0.15) is 40.8 Å². The molecule has 0 saturated heterocycles. The Kier molecular flexibility index (Phi) is 3.39. The van der Waals surface area contributed by atoms with Crippen LogP contribution in [0.5, 0.6) is 0 Å². The third-order valence-corrected chi connectivity index (χ3v) is 4.41. The maximum absolute atomic E-state index is 4.43. The molecule has 0 saturated carbocycles. The third kappa shape index (κ3) is 2.44. The number of aryl methyl sites for hydroxylation is 2. The van der Waals surface area contributed by atoms with Crippen LogP contribution in [-0.4, -0.2) is 9.97 Å². The van der Waals surface area contributed by atoms with Gasteiger partial charge < -0.3 is 5.32 Å². The van der Waals surface area contributed by atoms with E-state index in [1.54, 1.807) is 4.88 Å². The first-order valence-corrected chi connectivity index (χ1v) is 7.29. The summed E-state index contributed by atoms with van der Waals surface area (Å²) in [5.41, 5.74) is 2.57. The first-order valence-electron chi connectivity index (χ1n) is 6.41. The number of hydrogen-bond donors (Lipinski definition) is 1. The lowest BCUT2D eigenvalue weighted by Gasteiger charge is -2.23. The maximum Gasteiger partial charge on any atom is 0.125 e. The molecule has 2 aromatic rings. The zero-order valence-corrected chi connectivity index (χ0v) is 11.3. The molecule has 94 valence electrons. The van der Waals surface area contributed by atoms with Gasteiger partial charge in [-0.05, 0) is 49.3 Å². The largest absolute Gasteiger partial charge is 0.304 e. The fraction of sp³-hybridized carbons (Fsp3) is 0.429. The van der Waals surface area contributed by atoms with E-state index in [4.69, 9.17) is 0 Å². The van der Waals surface area contributed by atoms with Gasteiger partial charge in [0.1, 0.15) is 5.82 Å². The molecule has 4 heteroatoms. The molecule has 2 aromatic heterocycles. The number of nitrogens with zero attached hydrogens (tertiary/aromatic N) is 2. The van der Waals surface area contributed by atoms with Gasteiger partial charge in [0.15, 0.2) is 0 Å². The van der Waals surface area contributed by atoms with Crippen LogP contribution < -0.4 is 5.32 Å². The second kappa shape index (κ2) is 5.16. The molecule has 2 heterocycles. The van der Waals surface area contributed by atoms with Gasteiger partial charge in [-0.25, -0.2) is 9.97 Å². The van der Waals surface area contributed by atoms with Crippen LogP contribution >= 0.6 is 11.3 Å². The number of hydrogen-bond acceptors (Lipinski definition) is 4. The summed E-state index contributed by atoms with van der Waals surface area (Å²) in [4.78, 5) is 10.1. The number of rotatable bonds is 3. The quantitative estimate of drug-likeness (QED) is 0.920. The molecule has 18 heavy (non-hydrogen) atoms. The average molecular weight is 259 g/mol. The Balaban J connectivity index is 1.68. The molecule has 0 aliphatic heterocycles. The van der Waals surface area contributed by atoms with Gasteiger partial charge in [-0.1, -0.05) is 0 Å². The second-order valence-corrected chi connectivity index (χ2v) is 5.72. The average Bonchev–Trinajstić information content (AvgIpc) is 2.85. The third-order valence-electron chi connectivity index (χ3n) is 3.42. The Bertz CT molecular complexity index is 535. The molecule has 0 fully saturated rings. The number of nitrogens with one attached hydrogen (secondary N) is 1. The zero-order valence-electron chi connectivity index (χ0n) is 10.5. The molecule has 1 aliphatic rings. The highest BCUT2D eigenvalue weighted by Gasteiger charge is 2.20. The molecule has 1 aliphatic carbocycles. The van der Waals surface area contributed by atoms with Gasteiger partial charge in [-0.15, -0.1) is 11.3 Å². The summed E-state index contributed by atoms with van der Waals surface area (Å²) in [6.07, 6.45) is 5.59. The molecular weight excluding hydrogens is 242 g/mol. The Hall–Kier alpha value is -1.26. The summed E-state index contributed by atoms with van der Waals surface area (Å²) in [5, 5.41) is 5.83. The molecule has 0 spiro atoms. The molecule has 1 N–H and O–H groups in total. The monoisotopic (exact) mass is 259 g/mol. The van der Waals surface area contributed by atoms with Crippen LogP contribution in [-0.2, 0) is 13.0 Å². The van der Waals surface area contributed by atoms with Crippen molar-refractivity contribution in [1.29, 1.82) is 0 Å². The van der Waals surface area contributed by atoms with E-state index in [0.29, 0.717) is 6.04 Å². The van der Waals surface area contributed by atoms with Crippen LogP contribution in [0.3, 0.4) is 0 Å². The summed E-state index contributed by atoms with van der Waals surface area (Å²) in [7, 11) is 0. The molecular formula is C14H17N3S. The minimum Gasteiger partial charge on any atom is -0.304 e. The van der Waals surface area contributed by atoms with Gasteiger partial charge in [-0.3, -0.25) is 0 Å². The van der Waals surface area contributed by atoms with Crippen molar-refractivity contribution in [3.63, 3.8) is 0 Å². The van der Waals surface area contributed by atoms with E-state index in [-0.39, 0.29) is 0 Å². The van der Waals surface area contributed by atoms with Crippen molar-refractivity contribution < 1.29 is 0 Å².